The lowest BCUT2D eigenvalue weighted by Crippen LogP contribution is -2.49. The number of carbonyl (C=O) groups excluding carboxylic acids is 2. The predicted molar refractivity (Wildman–Crippen MR) is 101 cm³/mol. The van der Waals surface area contributed by atoms with Gasteiger partial charge >= 0.3 is 11.8 Å². The summed E-state index contributed by atoms with van der Waals surface area (Å²) in [4.78, 5) is 24.2. The van der Waals surface area contributed by atoms with Gasteiger partial charge in [0.2, 0.25) is 0 Å². The first-order valence-electron chi connectivity index (χ1n) is 8.51. The standard InChI is InChI=1S/C20H21ClN2O3/c1-13-6-7-16(21)10-17(13)23-19(25)18(24)22-12-20(26)9-8-14-4-2-3-5-15(14)11-20/h2-7,10,26H,8-9,11-12H2,1H3,(H,22,24)(H,23,25). The van der Waals surface area contributed by atoms with Gasteiger partial charge in [-0.15, -0.1) is 0 Å². The molecule has 1 unspecified atom stereocenters. The number of amides is 2. The third kappa shape index (κ3) is 4.23. The molecule has 0 fully saturated rings. The lowest BCUT2D eigenvalue weighted by atomic mass is 9.80. The van der Waals surface area contributed by atoms with Crippen molar-refractivity contribution in [3.8, 4) is 0 Å². The average molecular weight is 373 g/mol. The first kappa shape index (κ1) is 18.4. The molecule has 136 valence electrons. The largest absolute Gasteiger partial charge is 0.388 e. The van der Waals surface area contributed by atoms with Crippen LogP contribution in [0.4, 0.5) is 5.69 Å². The van der Waals surface area contributed by atoms with E-state index in [0.717, 1.165) is 17.5 Å². The number of benzene rings is 2. The van der Waals surface area contributed by atoms with E-state index in [-0.39, 0.29) is 6.54 Å². The smallest absolute Gasteiger partial charge is 0.313 e. The van der Waals surface area contributed by atoms with E-state index in [1.54, 1.807) is 18.2 Å². The Morgan fingerprint density at radius 3 is 2.65 bits per heavy atom. The van der Waals surface area contributed by atoms with Gasteiger partial charge in [0.05, 0.1) is 5.60 Å². The van der Waals surface area contributed by atoms with Gasteiger partial charge in [-0.1, -0.05) is 41.9 Å². The topological polar surface area (TPSA) is 78.4 Å². The predicted octanol–water partition coefficient (Wildman–Crippen LogP) is 2.62. The van der Waals surface area contributed by atoms with Crippen LogP contribution in [-0.4, -0.2) is 29.1 Å². The van der Waals surface area contributed by atoms with Gasteiger partial charge in [0.1, 0.15) is 0 Å². The Hall–Kier alpha value is -2.37. The van der Waals surface area contributed by atoms with E-state index >= 15 is 0 Å². The van der Waals surface area contributed by atoms with Gasteiger partial charge in [0, 0.05) is 23.7 Å². The van der Waals surface area contributed by atoms with Crippen LogP contribution in [0.25, 0.3) is 0 Å². The minimum absolute atomic E-state index is 0.0299. The molecule has 2 aromatic rings. The van der Waals surface area contributed by atoms with Crippen LogP contribution in [0.5, 0.6) is 0 Å². The summed E-state index contributed by atoms with van der Waals surface area (Å²) in [5.74, 6) is -1.56. The molecule has 0 heterocycles. The van der Waals surface area contributed by atoms with Crippen LogP contribution < -0.4 is 10.6 Å². The van der Waals surface area contributed by atoms with Gasteiger partial charge in [-0.3, -0.25) is 9.59 Å². The lowest BCUT2D eigenvalue weighted by Gasteiger charge is -2.33. The lowest BCUT2D eigenvalue weighted by molar-refractivity contribution is -0.136. The fourth-order valence-corrected chi connectivity index (χ4v) is 3.34. The van der Waals surface area contributed by atoms with E-state index in [1.807, 2.05) is 31.2 Å². The van der Waals surface area contributed by atoms with Crippen LogP contribution in [0, 0.1) is 6.92 Å². The van der Waals surface area contributed by atoms with Gasteiger partial charge in [-0.2, -0.15) is 0 Å². The number of hydrogen-bond donors (Lipinski definition) is 3. The average Bonchev–Trinajstić information content (AvgIpc) is 2.62. The number of nitrogens with one attached hydrogen (secondary N) is 2. The molecule has 6 heteroatoms. The van der Waals surface area contributed by atoms with E-state index in [9.17, 15) is 14.7 Å². The molecule has 0 radical (unpaired) electrons. The molecule has 3 N–H and O–H groups in total. The summed E-state index contributed by atoms with van der Waals surface area (Å²) >= 11 is 5.92. The summed E-state index contributed by atoms with van der Waals surface area (Å²) in [6.07, 6.45) is 1.74. The molecule has 0 saturated carbocycles. The van der Waals surface area contributed by atoms with Crippen molar-refractivity contribution < 1.29 is 14.7 Å². The van der Waals surface area contributed by atoms with Gasteiger partial charge in [0.15, 0.2) is 0 Å². The molecule has 0 spiro atoms. The second kappa shape index (κ2) is 7.48. The second-order valence-corrected chi connectivity index (χ2v) is 7.20. The second-order valence-electron chi connectivity index (χ2n) is 6.77. The fourth-order valence-electron chi connectivity index (χ4n) is 3.17. The molecule has 0 aliphatic heterocycles. The molecule has 0 saturated heterocycles. The maximum absolute atomic E-state index is 12.1. The summed E-state index contributed by atoms with van der Waals surface area (Å²) in [6, 6.07) is 13.0. The zero-order chi connectivity index (χ0) is 18.7. The van der Waals surface area contributed by atoms with Crippen molar-refractivity contribution in [2.75, 3.05) is 11.9 Å². The Balaban J connectivity index is 1.58. The SMILES string of the molecule is Cc1ccc(Cl)cc1NC(=O)C(=O)NCC1(O)CCc2ccccc2C1. The molecule has 2 aromatic carbocycles. The van der Waals surface area contributed by atoms with E-state index in [0.29, 0.717) is 23.6 Å². The van der Waals surface area contributed by atoms with Gasteiger partial charge in [-0.05, 0) is 48.6 Å². The Bertz CT molecular complexity index is 853. The Morgan fingerprint density at radius 1 is 1.15 bits per heavy atom. The Kier molecular flexibility index (Phi) is 5.30. The Morgan fingerprint density at radius 2 is 1.88 bits per heavy atom. The quantitative estimate of drug-likeness (QED) is 0.725. The van der Waals surface area contributed by atoms with Crippen molar-refractivity contribution in [1.29, 1.82) is 0 Å². The fraction of sp³-hybridized carbons (Fsp3) is 0.300. The minimum Gasteiger partial charge on any atom is -0.388 e. The van der Waals surface area contributed by atoms with E-state index in [1.165, 1.54) is 5.56 Å². The summed E-state index contributed by atoms with van der Waals surface area (Å²) in [5.41, 5.74) is 2.55. The molecule has 26 heavy (non-hydrogen) atoms. The maximum atomic E-state index is 12.1. The van der Waals surface area contributed by atoms with Gasteiger partial charge in [-0.25, -0.2) is 0 Å². The molecular weight excluding hydrogens is 352 g/mol. The third-order valence-corrected chi connectivity index (χ3v) is 4.96. The molecule has 1 aliphatic carbocycles. The van der Waals surface area contributed by atoms with Crippen LogP contribution in [0.3, 0.4) is 0 Å². The van der Waals surface area contributed by atoms with E-state index in [2.05, 4.69) is 10.6 Å². The molecule has 2 amide bonds. The van der Waals surface area contributed by atoms with Gasteiger partial charge in [0.25, 0.3) is 0 Å². The summed E-state index contributed by atoms with van der Waals surface area (Å²) in [7, 11) is 0. The molecule has 0 aromatic heterocycles. The number of fused-ring (bicyclic) bond motifs is 1. The Labute approximate surface area is 157 Å². The van der Waals surface area contributed by atoms with Crippen LogP contribution in [0.2, 0.25) is 5.02 Å². The van der Waals surface area contributed by atoms with Crippen LogP contribution in [-0.2, 0) is 22.4 Å². The molecular formula is C20H21ClN2O3. The minimum atomic E-state index is -1.05. The normalized spacial score (nSPS) is 18.7. The molecule has 3 rings (SSSR count). The summed E-state index contributed by atoms with van der Waals surface area (Å²) < 4.78 is 0. The number of halogens is 1. The maximum Gasteiger partial charge on any atom is 0.313 e. The highest BCUT2D eigenvalue weighted by Crippen LogP contribution is 2.28. The van der Waals surface area contributed by atoms with Crippen LogP contribution in [0.15, 0.2) is 42.5 Å². The van der Waals surface area contributed by atoms with Crippen molar-refractivity contribution in [3.05, 3.63) is 64.2 Å². The zero-order valence-electron chi connectivity index (χ0n) is 14.5. The van der Waals surface area contributed by atoms with Crippen molar-refractivity contribution in [3.63, 3.8) is 0 Å². The first-order valence-corrected chi connectivity index (χ1v) is 8.89. The highest BCUT2D eigenvalue weighted by Gasteiger charge is 2.33. The third-order valence-electron chi connectivity index (χ3n) is 4.73. The number of aryl methyl sites for hydroxylation is 2. The molecule has 5 nitrogen and oxygen atoms in total. The molecule has 1 aliphatic rings. The van der Waals surface area contributed by atoms with Crippen LogP contribution in [0.1, 0.15) is 23.1 Å². The van der Waals surface area contributed by atoms with Crippen LogP contribution >= 0.6 is 11.6 Å². The molecule has 1 atom stereocenters. The number of rotatable bonds is 3. The van der Waals surface area contributed by atoms with Crippen molar-refractivity contribution in [2.45, 2.75) is 31.8 Å². The van der Waals surface area contributed by atoms with Crippen molar-refractivity contribution in [2.24, 2.45) is 0 Å². The van der Waals surface area contributed by atoms with Crippen molar-refractivity contribution >= 4 is 29.1 Å². The highest BCUT2D eigenvalue weighted by molar-refractivity contribution is 6.40. The number of carbonyl (C=O) groups is 2. The number of anilines is 1. The number of hydrogen-bond acceptors (Lipinski definition) is 3. The monoisotopic (exact) mass is 372 g/mol. The van der Waals surface area contributed by atoms with Gasteiger partial charge < -0.3 is 15.7 Å². The first-order chi connectivity index (χ1) is 12.4. The highest BCUT2D eigenvalue weighted by atomic mass is 35.5. The van der Waals surface area contributed by atoms with E-state index in [4.69, 9.17) is 11.6 Å². The summed E-state index contributed by atoms with van der Waals surface area (Å²) in [6.45, 7) is 1.84. The number of aliphatic hydroxyl groups is 1. The molecule has 0 bridgehead atoms. The van der Waals surface area contributed by atoms with Crippen molar-refractivity contribution in [1.82, 2.24) is 5.32 Å². The van der Waals surface area contributed by atoms with E-state index < -0.39 is 17.4 Å². The summed E-state index contributed by atoms with van der Waals surface area (Å²) in [5, 5.41) is 16.3. The zero-order valence-corrected chi connectivity index (χ0v) is 15.3.